The number of carbonyl (C=O) groups is 1. The number of hydrogen-bond donors (Lipinski definition) is 2. The van der Waals surface area contributed by atoms with Gasteiger partial charge in [-0.05, 0) is 30.0 Å². The molecule has 2 N–H and O–H groups in total. The molecule has 0 spiro atoms. The first-order chi connectivity index (χ1) is 13.9. The van der Waals surface area contributed by atoms with E-state index in [1.807, 2.05) is 30.3 Å². The van der Waals surface area contributed by atoms with E-state index in [-0.39, 0.29) is 18.2 Å². The number of benzene rings is 1. The number of alkyl halides is 2. The summed E-state index contributed by atoms with van der Waals surface area (Å²) in [7, 11) is 0. The highest BCUT2D eigenvalue weighted by molar-refractivity contribution is 5.97. The number of halogens is 2. The van der Waals surface area contributed by atoms with Gasteiger partial charge in [-0.1, -0.05) is 30.3 Å². The van der Waals surface area contributed by atoms with Crippen LogP contribution in [-0.4, -0.2) is 40.5 Å². The van der Waals surface area contributed by atoms with Gasteiger partial charge in [0.1, 0.15) is 0 Å². The lowest BCUT2D eigenvalue weighted by Gasteiger charge is -2.24. The van der Waals surface area contributed by atoms with Crippen molar-refractivity contribution in [2.45, 2.75) is 43.9 Å². The van der Waals surface area contributed by atoms with E-state index in [9.17, 15) is 18.7 Å². The Hall–Kier alpha value is -2.87. The molecule has 1 aromatic carbocycles. The first-order valence-electron chi connectivity index (χ1n) is 9.45. The number of hydrogen-bond acceptors (Lipinski definition) is 5. The second kappa shape index (κ2) is 7.87. The third-order valence-corrected chi connectivity index (χ3v) is 5.10. The van der Waals surface area contributed by atoms with Crippen molar-refractivity contribution in [2.24, 2.45) is 4.99 Å². The molecule has 6 nitrogen and oxygen atoms in total. The van der Waals surface area contributed by atoms with Gasteiger partial charge in [0.2, 0.25) is 11.8 Å². The van der Waals surface area contributed by atoms with Crippen molar-refractivity contribution in [2.75, 3.05) is 6.61 Å². The van der Waals surface area contributed by atoms with Crippen LogP contribution in [0, 0.1) is 0 Å². The summed E-state index contributed by atoms with van der Waals surface area (Å²) in [6.07, 6.45) is 0.250. The number of pyridine rings is 1. The number of nitrogens with zero attached hydrogens (tertiary/aromatic N) is 2. The molecule has 1 fully saturated rings. The fourth-order valence-corrected chi connectivity index (χ4v) is 3.44. The minimum Gasteiger partial charge on any atom is -0.471 e. The third kappa shape index (κ3) is 4.42. The van der Waals surface area contributed by atoms with Crippen molar-refractivity contribution in [3.63, 3.8) is 0 Å². The molecular formula is C21H21F2N3O3. The second-order valence-electron chi connectivity index (χ2n) is 7.35. The Bertz CT molecular complexity index is 930. The van der Waals surface area contributed by atoms with Gasteiger partial charge in [-0.3, -0.25) is 9.78 Å². The van der Waals surface area contributed by atoms with Gasteiger partial charge in [0, 0.05) is 6.20 Å². The molecule has 1 aromatic heterocycles. The Balaban J connectivity index is 1.41. The van der Waals surface area contributed by atoms with Gasteiger partial charge in [-0.15, -0.1) is 0 Å². The number of ether oxygens (including phenoxy) is 1. The number of aliphatic imine (C=N–C) groups is 1. The summed E-state index contributed by atoms with van der Waals surface area (Å²) in [6, 6.07) is 10.7. The van der Waals surface area contributed by atoms with E-state index in [0.29, 0.717) is 30.6 Å². The predicted molar refractivity (Wildman–Crippen MR) is 102 cm³/mol. The zero-order valence-corrected chi connectivity index (χ0v) is 15.6. The van der Waals surface area contributed by atoms with Crippen LogP contribution in [0.3, 0.4) is 0 Å². The first-order valence-corrected chi connectivity index (χ1v) is 9.45. The lowest BCUT2D eigenvalue weighted by Crippen LogP contribution is -2.38. The fraction of sp³-hybridized carbons (Fsp3) is 0.381. The quantitative estimate of drug-likeness (QED) is 0.747. The molecule has 2 aliphatic rings. The smallest absolute Gasteiger partial charge is 0.272 e. The molecular weight excluding hydrogens is 380 g/mol. The van der Waals surface area contributed by atoms with E-state index in [1.54, 1.807) is 6.07 Å². The standard InChI is InChI=1S/C21H21F2N3O3/c22-17(23)12-29-20-16-11-24-15(8-14(16)10-25-20)9-18(27)26-19(21(28)6-7-21)13-4-2-1-3-5-13/h1-5,8,11,17,19,28H,6-7,9-10,12H2,(H,26,27)/t19-/m0/s1. The van der Waals surface area contributed by atoms with Gasteiger partial charge >= 0.3 is 0 Å². The maximum absolute atomic E-state index is 12.6. The predicted octanol–water partition coefficient (Wildman–Crippen LogP) is 2.55. The van der Waals surface area contributed by atoms with Gasteiger partial charge in [0.05, 0.1) is 35.9 Å². The Morgan fingerprint density at radius 1 is 1.28 bits per heavy atom. The van der Waals surface area contributed by atoms with Crippen LogP contribution in [0.4, 0.5) is 8.78 Å². The highest BCUT2D eigenvalue weighted by atomic mass is 19.3. The Labute approximate surface area is 166 Å². The molecule has 1 amide bonds. The van der Waals surface area contributed by atoms with Crippen LogP contribution in [-0.2, 0) is 22.5 Å². The molecule has 4 rings (SSSR count). The molecule has 8 heteroatoms. The number of aromatic nitrogens is 1. The molecule has 0 unspecified atom stereocenters. The van der Waals surface area contributed by atoms with Crippen molar-refractivity contribution >= 4 is 11.8 Å². The minimum atomic E-state index is -2.57. The van der Waals surface area contributed by atoms with Crippen molar-refractivity contribution in [1.29, 1.82) is 0 Å². The summed E-state index contributed by atoms with van der Waals surface area (Å²) in [6.45, 7) is -0.413. The van der Waals surface area contributed by atoms with Crippen LogP contribution >= 0.6 is 0 Å². The largest absolute Gasteiger partial charge is 0.471 e. The van der Waals surface area contributed by atoms with E-state index in [0.717, 1.165) is 11.1 Å². The molecule has 2 aromatic rings. The fourth-order valence-electron chi connectivity index (χ4n) is 3.44. The van der Waals surface area contributed by atoms with Gasteiger partial charge < -0.3 is 15.2 Å². The minimum absolute atomic E-state index is 0.0416. The molecule has 1 aliphatic heterocycles. The number of carbonyl (C=O) groups excluding carboxylic acids is 1. The van der Waals surface area contributed by atoms with Crippen molar-refractivity contribution in [1.82, 2.24) is 10.3 Å². The van der Waals surface area contributed by atoms with Crippen LogP contribution < -0.4 is 5.32 Å². The highest BCUT2D eigenvalue weighted by Gasteiger charge is 2.49. The summed E-state index contributed by atoms with van der Waals surface area (Å²) >= 11 is 0. The van der Waals surface area contributed by atoms with E-state index in [4.69, 9.17) is 4.74 Å². The lowest BCUT2D eigenvalue weighted by molar-refractivity contribution is -0.122. The average molecular weight is 401 g/mol. The van der Waals surface area contributed by atoms with E-state index >= 15 is 0 Å². The Morgan fingerprint density at radius 2 is 2.03 bits per heavy atom. The van der Waals surface area contributed by atoms with E-state index in [2.05, 4.69) is 15.3 Å². The summed E-state index contributed by atoms with van der Waals surface area (Å²) < 4.78 is 29.7. The topological polar surface area (TPSA) is 83.8 Å². The van der Waals surface area contributed by atoms with Crippen molar-refractivity contribution in [3.8, 4) is 0 Å². The third-order valence-electron chi connectivity index (χ3n) is 5.10. The highest BCUT2D eigenvalue weighted by Crippen LogP contribution is 2.45. The van der Waals surface area contributed by atoms with Gasteiger partial charge in [0.15, 0.2) is 6.61 Å². The molecule has 0 saturated heterocycles. The van der Waals surface area contributed by atoms with E-state index < -0.39 is 24.7 Å². The SMILES string of the molecule is O=C(Cc1cc2c(cn1)C(OCC(F)F)=NC2)N[C@@H](c1ccccc1)C1(O)CC1. The van der Waals surface area contributed by atoms with Crippen LogP contribution in [0.15, 0.2) is 47.6 Å². The molecule has 152 valence electrons. The van der Waals surface area contributed by atoms with Crippen LogP contribution in [0.5, 0.6) is 0 Å². The zero-order chi connectivity index (χ0) is 20.4. The van der Waals surface area contributed by atoms with Crippen molar-refractivity contribution in [3.05, 3.63) is 65.0 Å². The second-order valence-corrected chi connectivity index (χ2v) is 7.35. The Morgan fingerprint density at radius 3 is 2.72 bits per heavy atom. The molecule has 2 heterocycles. The maximum Gasteiger partial charge on any atom is 0.272 e. The summed E-state index contributed by atoms with van der Waals surface area (Å²) in [4.78, 5) is 21.0. The zero-order valence-electron chi connectivity index (χ0n) is 15.6. The van der Waals surface area contributed by atoms with Gasteiger partial charge in [-0.2, -0.15) is 0 Å². The molecule has 0 bridgehead atoms. The lowest BCUT2D eigenvalue weighted by atomic mass is 9.99. The Kier molecular flexibility index (Phi) is 5.27. The van der Waals surface area contributed by atoms with Gasteiger partial charge in [0.25, 0.3) is 6.43 Å². The molecule has 29 heavy (non-hydrogen) atoms. The number of fused-ring (bicyclic) bond motifs is 1. The molecule has 1 atom stereocenters. The number of nitrogens with one attached hydrogen (secondary N) is 1. The number of aliphatic hydroxyl groups is 1. The van der Waals surface area contributed by atoms with E-state index in [1.165, 1.54) is 6.20 Å². The average Bonchev–Trinajstić information content (AvgIpc) is 3.32. The normalized spacial score (nSPS) is 17.4. The summed E-state index contributed by atoms with van der Waals surface area (Å²) in [5, 5.41) is 13.5. The molecule has 0 radical (unpaired) electrons. The van der Waals surface area contributed by atoms with Crippen molar-refractivity contribution < 1.29 is 23.4 Å². The molecule has 1 aliphatic carbocycles. The number of amides is 1. The monoisotopic (exact) mass is 401 g/mol. The summed E-state index contributed by atoms with van der Waals surface area (Å²) in [5.41, 5.74) is 1.85. The van der Waals surface area contributed by atoms with Crippen LogP contribution in [0.1, 0.15) is 41.3 Å². The number of rotatable bonds is 7. The maximum atomic E-state index is 12.6. The first kappa shape index (κ1) is 19.4. The summed E-state index contributed by atoms with van der Waals surface area (Å²) in [5.74, 6) is -0.0939. The van der Waals surface area contributed by atoms with Gasteiger partial charge in [-0.25, -0.2) is 13.8 Å². The molecule has 1 saturated carbocycles. The van der Waals surface area contributed by atoms with Crippen LogP contribution in [0.2, 0.25) is 0 Å². The van der Waals surface area contributed by atoms with Crippen LogP contribution in [0.25, 0.3) is 0 Å².